The Kier molecular flexibility index (Phi) is 4.89. The standard InChI is InChI=1S/C21H21N3O3/c1-26-20-9-5-4-8-17(20)18-11-19(24-23-18)21(25)22-12-16-10-14-6-2-3-7-15(14)13-27-16/h2-9,11,16H,10,12-13H2,1H3,(H,22,25)(H,23,24). The summed E-state index contributed by atoms with van der Waals surface area (Å²) in [7, 11) is 1.61. The second-order valence-corrected chi connectivity index (χ2v) is 6.48. The molecule has 138 valence electrons. The van der Waals surface area contributed by atoms with Crippen molar-refractivity contribution in [1.29, 1.82) is 0 Å². The molecular weight excluding hydrogens is 342 g/mol. The van der Waals surface area contributed by atoms with Crippen molar-refractivity contribution >= 4 is 5.91 Å². The van der Waals surface area contributed by atoms with E-state index in [1.807, 2.05) is 36.4 Å². The zero-order valence-corrected chi connectivity index (χ0v) is 15.1. The number of nitrogens with zero attached hydrogens (tertiary/aromatic N) is 1. The number of aromatic amines is 1. The van der Waals surface area contributed by atoms with Crippen LogP contribution < -0.4 is 10.1 Å². The zero-order valence-electron chi connectivity index (χ0n) is 15.1. The number of fused-ring (bicyclic) bond motifs is 1. The average Bonchev–Trinajstić information content (AvgIpc) is 3.22. The molecule has 2 heterocycles. The lowest BCUT2D eigenvalue weighted by Crippen LogP contribution is -2.36. The fraction of sp³-hybridized carbons (Fsp3) is 0.238. The van der Waals surface area contributed by atoms with Crippen molar-refractivity contribution in [3.05, 3.63) is 71.4 Å². The van der Waals surface area contributed by atoms with E-state index >= 15 is 0 Å². The Morgan fingerprint density at radius 1 is 1.22 bits per heavy atom. The maximum Gasteiger partial charge on any atom is 0.269 e. The Balaban J connectivity index is 1.39. The summed E-state index contributed by atoms with van der Waals surface area (Å²) < 4.78 is 11.2. The number of nitrogens with one attached hydrogen (secondary N) is 2. The van der Waals surface area contributed by atoms with E-state index in [-0.39, 0.29) is 12.0 Å². The Morgan fingerprint density at radius 3 is 2.85 bits per heavy atom. The third kappa shape index (κ3) is 3.71. The second kappa shape index (κ2) is 7.63. The van der Waals surface area contributed by atoms with E-state index in [9.17, 15) is 4.79 Å². The molecule has 2 aromatic carbocycles. The van der Waals surface area contributed by atoms with Crippen LogP contribution in [-0.4, -0.2) is 35.9 Å². The van der Waals surface area contributed by atoms with Crippen LogP contribution in [0.25, 0.3) is 11.3 Å². The van der Waals surface area contributed by atoms with Gasteiger partial charge < -0.3 is 14.8 Å². The summed E-state index contributed by atoms with van der Waals surface area (Å²) >= 11 is 0. The van der Waals surface area contributed by atoms with E-state index in [1.165, 1.54) is 11.1 Å². The number of amides is 1. The minimum atomic E-state index is -0.203. The molecule has 0 bridgehead atoms. The van der Waals surface area contributed by atoms with Crippen LogP contribution >= 0.6 is 0 Å². The molecule has 1 aromatic heterocycles. The third-order valence-electron chi connectivity index (χ3n) is 4.74. The quantitative estimate of drug-likeness (QED) is 0.731. The Labute approximate surface area is 157 Å². The summed E-state index contributed by atoms with van der Waals surface area (Å²) in [5.41, 5.74) is 4.41. The first-order chi connectivity index (χ1) is 13.2. The molecular formula is C21H21N3O3. The molecule has 4 rings (SSSR count). The van der Waals surface area contributed by atoms with Crippen LogP contribution in [0.3, 0.4) is 0 Å². The molecule has 1 aliphatic rings. The van der Waals surface area contributed by atoms with Gasteiger partial charge in [0.2, 0.25) is 0 Å². The molecule has 0 fully saturated rings. The fourth-order valence-corrected chi connectivity index (χ4v) is 3.27. The van der Waals surface area contributed by atoms with Crippen LogP contribution in [0.2, 0.25) is 0 Å². The first-order valence-corrected chi connectivity index (χ1v) is 8.90. The second-order valence-electron chi connectivity index (χ2n) is 6.48. The van der Waals surface area contributed by atoms with Crippen molar-refractivity contribution < 1.29 is 14.3 Å². The van der Waals surface area contributed by atoms with Gasteiger partial charge in [0.15, 0.2) is 0 Å². The summed E-state index contributed by atoms with van der Waals surface area (Å²) in [5.74, 6) is 0.510. The molecule has 1 atom stereocenters. The fourth-order valence-electron chi connectivity index (χ4n) is 3.27. The molecule has 0 aliphatic carbocycles. The largest absolute Gasteiger partial charge is 0.496 e. The topological polar surface area (TPSA) is 76.2 Å². The van der Waals surface area contributed by atoms with E-state index < -0.39 is 0 Å². The highest BCUT2D eigenvalue weighted by atomic mass is 16.5. The van der Waals surface area contributed by atoms with Gasteiger partial charge in [0, 0.05) is 18.5 Å². The smallest absolute Gasteiger partial charge is 0.269 e. The molecule has 0 saturated carbocycles. The van der Waals surface area contributed by atoms with Crippen LogP contribution in [0, 0.1) is 0 Å². The van der Waals surface area contributed by atoms with E-state index in [4.69, 9.17) is 9.47 Å². The van der Waals surface area contributed by atoms with Crippen molar-refractivity contribution in [3.8, 4) is 17.0 Å². The molecule has 0 spiro atoms. The molecule has 2 N–H and O–H groups in total. The summed E-state index contributed by atoms with van der Waals surface area (Å²) in [6.07, 6.45) is 0.770. The third-order valence-corrected chi connectivity index (χ3v) is 4.74. The number of hydrogen-bond donors (Lipinski definition) is 2. The van der Waals surface area contributed by atoms with Crippen molar-refractivity contribution in [1.82, 2.24) is 15.5 Å². The summed E-state index contributed by atoms with van der Waals surface area (Å²) in [6, 6.07) is 17.5. The molecule has 6 heteroatoms. The predicted octanol–water partition coefficient (Wildman–Crippen LogP) is 2.96. The lowest BCUT2D eigenvalue weighted by atomic mass is 9.99. The molecule has 1 unspecified atom stereocenters. The van der Waals surface area contributed by atoms with E-state index in [0.29, 0.717) is 30.3 Å². The van der Waals surface area contributed by atoms with Gasteiger partial charge in [0.1, 0.15) is 11.4 Å². The predicted molar refractivity (Wildman–Crippen MR) is 102 cm³/mol. The average molecular weight is 363 g/mol. The van der Waals surface area contributed by atoms with Crippen molar-refractivity contribution in [3.63, 3.8) is 0 Å². The maximum absolute atomic E-state index is 12.5. The van der Waals surface area contributed by atoms with Gasteiger partial charge in [-0.25, -0.2) is 0 Å². The summed E-state index contributed by atoms with van der Waals surface area (Å²) in [6.45, 7) is 1.04. The number of para-hydroxylation sites is 1. The number of aromatic nitrogens is 2. The van der Waals surface area contributed by atoms with Gasteiger partial charge in [-0.15, -0.1) is 0 Å². The minimum Gasteiger partial charge on any atom is -0.496 e. The molecule has 6 nitrogen and oxygen atoms in total. The number of methoxy groups -OCH3 is 1. The number of ether oxygens (including phenoxy) is 2. The Hall–Kier alpha value is -3.12. The summed E-state index contributed by atoms with van der Waals surface area (Å²) in [4.78, 5) is 12.5. The van der Waals surface area contributed by atoms with E-state index in [1.54, 1.807) is 13.2 Å². The van der Waals surface area contributed by atoms with Gasteiger partial charge in [-0.05, 0) is 29.3 Å². The molecule has 1 amide bonds. The van der Waals surface area contributed by atoms with Crippen LogP contribution in [0.5, 0.6) is 5.75 Å². The van der Waals surface area contributed by atoms with Crippen LogP contribution in [0.15, 0.2) is 54.6 Å². The van der Waals surface area contributed by atoms with Crippen molar-refractivity contribution in [2.45, 2.75) is 19.1 Å². The maximum atomic E-state index is 12.5. The van der Waals surface area contributed by atoms with Crippen LogP contribution in [0.4, 0.5) is 0 Å². The number of rotatable bonds is 5. The van der Waals surface area contributed by atoms with Crippen molar-refractivity contribution in [2.75, 3.05) is 13.7 Å². The van der Waals surface area contributed by atoms with Gasteiger partial charge in [-0.3, -0.25) is 9.89 Å². The van der Waals surface area contributed by atoms with Gasteiger partial charge >= 0.3 is 0 Å². The van der Waals surface area contributed by atoms with Crippen molar-refractivity contribution in [2.24, 2.45) is 0 Å². The van der Waals surface area contributed by atoms with Gasteiger partial charge in [0.05, 0.1) is 25.5 Å². The SMILES string of the molecule is COc1ccccc1-c1cc(C(=O)NCC2Cc3ccccc3CO2)[nH]n1. The van der Waals surface area contributed by atoms with Gasteiger partial charge in [-0.1, -0.05) is 36.4 Å². The molecule has 0 radical (unpaired) electrons. The highest BCUT2D eigenvalue weighted by Gasteiger charge is 2.20. The lowest BCUT2D eigenvalue weighted by molar-refractivity contribution is 0.0284. The first kappa shape index (κ1) is 17.3. The number of carbonyl (C=O) groups is 1. The molecule has 27 heavy (non-hydrogen) atoms. The van der Waals surface area contributed by atoms with Crippen LogP contribution in [-0.2, 0) is 17.8 Å². The van der Waals surface area contributed by atoms with Gasteiger partial charge in [-0.2, -0.15) is 5.10 Å². The Morgan fingerprint density at radius 2 is 2.00 bits per heavy atom. The van der Waals surface area contributed by atoms with Gasteiger partial charge in [0.25, 0.3) is 5.91 Å². The first-order valence-electron chi connectivity index (χ1n) is 8.90. The van der Waals surface area contributed by atoms with E-state index in [2.05, 4.69) is 27.6 Å². The normalized spacial score (nSPS) is 15.8. The summed E-state index contributed by atoms with van der Waals surface area (Å²) in [5, 5.41) is 9.97. The number of benzene rings is 2. The number of H-pyrrole nitrogens is 1. The van der Waals surface area contributed by atoms with Crippen LogP contribution in [0.1, 0.15) is 21.6 Å². The highest BCUT2D eigenvalue weighted by molar-refractivity contribution is 5.93. The lowest BCUT2D eigenvalue weighted by Gasteiger charge is -2.25. The number of hydrogen-bond acceptors (Lipinski definition) is 4. The molecule has 0 saturated heterocycles. The molecule has 3 aromatic rings. The molecule has 1 aliphatic heterocycles. The monoisotopic (exact) mass is 363 g/mol. The number of carbonyl (C=O) groups excluding carboxylic acids is 1. The highest BCUT2D eigenvalue weighted by Crippen LogP contribution is 2.28. The van der Waals surface area contributed by atoms with E-state index in [0.717, 1.165) is 12.0 Å². The minimum absolute atomic E-state index is 0.0274. The Bertz CT molecular complexity index is 951. The zero-order chi connectivity index (χ0) is 18.6.